The summed E-state index contributed by atoms with van der Waals surface area (Å²) in [6.45, 7) is 1.91. The summed E-state index contributed by atoms with van der Waals surface area (Å²) in [4.78, 5) is 28.9. The van der Waals surface area contributed by atoms with E-state index < -0.39 is 5.60 Å². The molecule has 2 heterocycles. The second-order valence-electron chi connectivity index (χ2n) is 8.59. The van der Waals surface area contributed by atoms with Crippen molar-refractivity contribution >= 4 is 22.7 Å². The molecule has 31 heavy (non-hydrogen) atoms. The molecule has 2 aliphatic rings. The van der Waals surface area contributed by atoms with E-state index in [9.17, 15) is 14.7 Å². The Kier molecular flexibility index (Phi) is 4.78. The summed E-state index contributed by atoms with van der Waals surface area (Å²) in [7, 11) is 1.92. The Hall–Kier alpha value is -3.19. The summed E-state index contributed by atoms with van der Waals surface area (Å²) < 4.78 is 1.85. The number of aryl methyl sites for hydroxylation is 1. The third-order valence-corrected chi connectivity index (χ3v) is 6.65. The lowest BCUT2D eigenvalue weighted by atomic mass is 9.79. The molecule has 1 aromatic heterocycles. The van der Waals surface area contributed by atoms with Gasteiger partial charge in [-0.05, 0) is 48.6 Å². The van der Waals surface area contributed by atoms with Gasteiger partial charge in [-0.25, -0.2) is 0 Å². The molecule has 1 saturated heterocycles. The number of piperazine rings is 1. The molecule has 0 unspecified atom stereocenters. The lowest BCUT2D eigenvalue weighted by molar-refractivity contribution is -0.161. The van der Waals surface area contributed by atoms with Gasteiger partial charge in [0.05, 0.1) is 11.7 Å². The number of amides is 2. The van der Waals surface area contributed by atoms with Crippen molar-refractivity contribution in [3.8, 4) is 11.1 Å². The average Bonchev–Trinajstić information content (AvgIpc) is 3.17. The van der Waals surface area contributed by atoms with Gasteiger partial charge < -0.3 is 14.9 Å². The molecule has 5 rings (SSSR count). The fourth-order valence-corrected chi connectivity index (χ4v) is 4.44. The number of fused-ring (bicyclic) bond motifs is 1. The Morgan fingerprint density at radius 1 is 0.935 bits per heavy atom. The maximum Gasteiger partial charge on any atom is 0.254 e. The molecule has 160 valence electrons. The van der Waals surface area contributed by atoms with Gasteiger partial charge in [0.2, 0.25) is 0 Å². The van der Waals surface area contributed by atoms with Crippen LogP contribution in [-0.4, -0.2) is 68.3 Å². The second kappa shape index (κ2) is 7.50. The topological polar surface area (TPSA) is 78.7 Å². The zero-order valence-corrected chi connectivity index (χ0v) is 17.6. The first-order chi connectivity index (χ1) is 14.9. The second-order valence-corrected chi connectivity index (χ2v) is 8.59. The van der Waals surface area contributed by atoms with Crippen LogP contribution in [0.15, 0.2) is 48.7 Å². The van der Waals surface area contributed by atoms with Gasteiger partial charge in [-0.2, -0.15) is 5.10 Å². The van der Waals surface area contributed by atoms with Crippen LogP contribution < -0.4 is 0 Å². The van der Waals surface area contributed by atoms with Gasteiger partial charge in [0.1, 0.15) is 5.60 Å². The van der Waals surface area contributed by atoms with E-state index in [1.165, 1.54) is 0 Å². The normalized spacial score (nSPS) is 18.1. The van der Waals surface area contributed by atoms with Crippen molar-refractivity contribution in [2.24, 2.45) is 7.05 Å². The summed E-state index contributed by atoms with van der Waals surface area (Å²) in [6, 6.07) is 13.9. The van der Waals surface area contributed by atoms with Crippen LogP contribution in [0.2, 0.25) is 0 Å². The van der Waals surface area contributed by atoms with Crippen molar-refractivity contribution in [1.29, 1.82) is 0 Å². The highest BCUT2D eigenvalue weighted by Crippen LogP contribution is 2.33. The number of aromatic nitrogens is 2. The molecule has 7 nitrogen and oxygen atoms in total. The van der Waals surface area contributed by atoms with Crippen LogP contribution in [-0.2, 0) is 11.8 Å². The van der Waals surface area contributed by atoms with E-state index in [2.05, 4.69) is 23.3 Å². The first-order valence-electron chi connectivity index (χ1n) is 10.8. The van der Waals surface area contributed by atoms with Crippen molar-refractivity contribution in [2.75, 3.05) is 26.2 Å². The van der Waals surface area contributed by atoms with E-state index in [0.717, 1.165) is 28.5 Å². The largest absolute Gasteiger partial charge is 0.380 e. The molecule has 1 aliphatic carbocycles. The standard InChI is InChI=1S/C24H26N4O3/c1-26-21-15-19(7-8-20(21)16-25-26)17-3-5-18(6-4-17)22(29)27-11-13-28(14-12-27)23(30)24(31)9-2-10-24/h3-8,15-16,31H,2,9-14H2,1H3. The molecule has 2 fully saturated rings. The first-order valence-corrected chi connectivity index (χ1v) is 10.8. The molecule has 2 amide bonds. The minimum atomic E-state index is -1.17. The smallest absolute Gasteiger partial charge is 0.254 e. The summed E-state index contributed by atoms with van der Waals surface area (Å²) in [5, 5.41) is 15.7. The maximum atomic E-state index is 12.9. The van der Waals surface area contributed by atoms with Crippen LogP contribution in [0.1, 0.15) is 29.6 Å². The Balaban J connectivity index is 1.25. The predicted molar refractivity (Wildman–Crippen MR) is 117 cm³/mol. The molecule has 0 atom stereocenters. The van der Waals surface area contributed by atoms with Crippen molar-refractivity contribution < 1.29 is 14.7 Å². The van der Waals surface area contributed by atoms with Crippen molar-refractivity contribution in [3.63, 3.8) is 0 Å². The van der Waals surface area contributed by atoms with E-state index in [1.54, 1.807) is 9.80 Å². The lowest BCUT2D eigenvalue weighted by Gasteiger charge is -2.42. The van der Waals surface area contributed by atoms with Crippen LogP contribution in [0.4, 0.5) is 0 Å². The number of carbonyl (C=O) groups excluding carboxylic acids is 2. The van der Waals surface area contributed by atoms with Crippen LogP contribution in [0.3, 0.4) is 0 Å². The van der Waals surface area contributed by atoms with Crippen LogP contribution in [0.5, 0.6) is 0 Å². The highest BCUT2D eigenvalue weighted by Gasteiger charge is 2.45. The third kappa shape index (κ3) is 3.49. The number of hydrogen-bond donors (Lipinski definition) is 1. The highest BCUT2D eigenvalue weighted by atomic mass is 16.3. The molecule has 0 bridgehead atoms. The molecule has 3 aromatic rings. The number of carbonyl (C=O) groups is 2. The number of benzene rings is 2. The Morgan fingerprint density at radius 3 is 2.23 bits per heavy atom. The zero-order valence-electron chi connectivity index (χ0n) is 17.6. The zero-order chi connectivity index (χ0) is 21.6. The van der Waals surface area contributed by atoms with Crippen LogP contribution >= 0.6 is 0 Å². The molecular formula is C24H26N4O3. The molecule has 0 spiro atoms. The Labute approximate surface area is 180 Å². The van der Waals surface area contributed by atoms with E-state index in [0.29, 0.717) is 44.6 Å². The lowest BCUT2D eigenvalue weighted by Crippen LogP contribution is -2.58. The van der Waals surface area contributed by atoms with Gasteiger partial charge in [0.15, 0.2) is 0 Å². The summed E-state index contributed by atoms with van der Waals surface area (Å²) in [6.07, 6.45) is 3.84. The van der Waals surface area contributed by atoms with Crippen LogP contribution in [0.25, 0.3) is 22.0 Å². The van der Waals surface area contributed by atoms with E-state index >= 15 is 0 Å². The molecule has 1 saturated carbocycles. The monoisotopic (exact) mass is 418 g/mol. The van der Waals surface area contributed by atoms with Crippen molar-refractivity contribution in [1.82, 2.24) is 19.6 Å². The van der Waals surface area contributed by atoms with Crippen LogP contribution in [0, 0.1) is 0 Å². The van der Waals surface area contributed by atoms with Gasteiger partial charge >= 0.3 is 0 Å². The van der Waals surface area contributed by atoms with Gasteiger partial charge in [0, 0.05) is 44.2 Å². The quantitative estimate of drug-likeness (QED) is 0.709. The fourth-order valence-electron chi connectivity index (χ4n) is 4.44. The fraction of sp³-hybridized carbons (Fsp3) is 0.375. The predicted octanol–water partition coefficient (Wildman–Crippen LogP) is 2.44. The molecule has 1 N–H and O–H groups in total. The average molecular weight is 418 g/mol. The van der Waals surface area contributed by atoms with E-state index in [-0.39, 0.29) is 11.8 Å². The van der Waals surface area contributed by atoms with Gasteiger partial charge in [0.25, 0.3) is 11.8 Å². The summed E-state index contributed by atoms with van der Waals surface area (Å²) >= 11 is 0. The summed E-state index contributed by atoms with van der Waals surface area (Å²) in [5.74, 6) is -0.205. The molecule has 1 aliphatic heterocycles. The van der Waals surface area contributed by atoms with E-state index in [1.807, 2.05) is 42.2 Å². The van der Waals surface area contributed by atoms with E-state index in [4.69, 9.17) is 0 Å². The molecule has 0 radical (unpaired) electrons. The van der Waals surface area contributed by atoms with Gasteiger partial charge in [-0.15, -0.1) is 0 Å². The molecule has 2 aromatic carbocycles. The molecule has 7 heteroatoms. The number of hydrogen-bond acceptors (Lipinski definition) is 4. The number of rotatable bonds is 3. The minimum absolute atomic E-state index is 0.0249. The SMILES string of the molecule is Cn1ncc2ccc(-c3ccc(C(=O)N4CCN(C(=O)C5(O)CCC5)CC4)cc3)cc21. The number of aliphatic hydroxyl groups is 1. The number of nitrogens with zero attached hydrogens (tertiary/aromatic N) is 4. The van der Waals surface area contributed by atoms with Crippen molar-refractivity contribution in [3.05, 3.63) is 54.2 Å². The first kappa shape index (κ1) is 19.8. The third-order valence-electron chi connectivity index (χ3n) is 6.65. The van der Waals surface area contributed by atoms with Gasteiger partial charge in [-0.3, -0.25) is 14.3 Å². The van der Waals surface area contributed by atoms with Gasteiger partial charge in [-0.1, -0.05) is 24.3 Å². The highest BCUT2D eigenvalue weighted by molar-refractivity contribution is 5.95. The molecular weight excluding hydrogens is 392 g/mol. The Morgan fingerprint density at radius 2 is 1.58 bits per heavy atom. The van der Waals surface area contributed by atoms with Crippen molar-refractivity contribution in [2.45, 2.75) is 24.9 Å². The minimum Gasteiger partial charge on any atom is -0.380 e. The Bertz CT molecular complexity index is 1140. The summed E-state index contributed by atoms with van der Waals surface area (Å²) in [5.41, 5.74) is 2.67. The maximum absolute atomic E-state index is 12.9.